The Balaban J connectivity index is 0.000000605. The van der Waals surface area contributed by atoms with Crippen molar-refractivity contribution in [3.05, 3.63) is 29.3 Å². The number of nitrogens with zero attached hydrogens (tertiary/aromatic N) is 1. The fourth-order valence-electron chi connectivity index (χ4n) is 0.901. The summed E-state index contributed by atoms with van der Waals surface area (Å²) in [7, 11) is 0. The van der Waals surface area contributed by atoms with Gasteiger partial charge in [0.1, 0.15) is 0 Å². The molecule has 0 aliphatic rings. The summed E-state index contributed by atoms with van der Waals surface area (Å²) in [5, 5.41) is 0. The normalized spacial score (nSPS) is 9.55. The monoisotopic (exact) mass is 199 g/mol. The number of hydrogen-bond acceptors (Lipinski definition) is 2. The van der Waals surface area contributed by atoms with Crippen molar-refractivity contribution in [2.75, 3.05) is 0 Å². The summed E-state index contributed by atoms with van der Waals surface area (Å²) in [6.07, 6.45) is 0. The summed E-state index contributed by atoms with van der Waals surface area (Å²) in [6.45, 7) is 2.04. The fraction of sp³-hybridized carbons (Fsp3) is 0.125. The molecule has 0 saturated heterocycles. The van der Waals surface area contributed by atoms with E-state index in [1.54, 1.807) is 11.3 Å². The molecular weight excluding hydrogens is 193 g/mol. The van der Waals surface area contributed by atoms with Gasteiger partial charge in [0.2, 0.25) is 0 Å². The molecule has 0 fully saturated rings. The standard InChI is InChI=1S/C8H6NS.V/c1-6-2-3-7-8(4-6)10-5-9-7;/h3-5H,1H3;/q-1;. The van der Waals surface area contributed by atoms with Crippen LogP contribution >= 0.6 is 11.3 Å². The molecule has 2 rings (SSSR count). The molecule has 0 amide bonds. The van der Waals surface area contributed by atoms with Gasteiger partial charge in [0.15, 0.2) is 0 Å². The molecule has 0 aliphatic carbocycles. The number of hydrogen-bond donors (Lipinski definition) is 0. The molecule has 0 spiro atoms. The number of aryl methyl sites for hydroxylation is 1. The Morgan fingerprint density at radius 2 is 2.36 bits per heavy atom. The van der Waals surface area contributed by atoms with Crippen LogP contribution in [0.3, 0.4) is 0 Å². The molecule has 0 saturated carbocycles. The molecule has 1 heterocycles. The molecule has 0 N–H and O–H groups in total. The minimum absolute atomic E-state index is 0. The third-order valence-electron chi connectivity index (χ3n) is 1.41. The van der Waals surface area contributed by atoms with Gasteiger partial charge >= 0.3 is 0 Å². The van der Waals surface area contributed by atoms with Crippen LogP contribution in [0.4, 0.5) is 0 Å². The molecule has 1 radical (unpaired) electrons. The van der Waals surface area contributed by atoms with Crippen LogP contribution in [0, 0.1) is 13.0 Å². The van der Waals surface area contributed by atoms with E-state index < -0.39 is 0 Å². The van der Waals surface area contributed by atoms with Crippen molar-refractivity contribution < 1.29 is 18.6 Å². The van der Waals surface area contributed by atoms with Gasteiger partial charge in [0, 0.05) is 18.6 Å². The predicted octanol–water partition coefficient (Wildman–Crippen LogP) is 2.40. The number of fused-ring (bicyclic) bond motifs is 1. The number of benzene rings is 1. The van der Waals surface area contributed by atoms with Crippen LogP contribution in [0.2, 0.25) is 0 Å². The molecular formula is C8H6NSV-. The van der Waals surface area contributed by atoms with Crippen LogP contribution < -0.4 is 0 Å². The summed E-state index contributed by atoms with van der Waals surface area (Å²) in [5.41, 5.74) is 4.09. The number of aromatic nitrogens is 1. The van der Waals surface area contributed by atoms with Gasteiger partial charge in [-0.2, -0.15) is 29.0 Å². The number of thiazole rings is 1. The van der Waals surface area contributed by atoms with Crippen molar-refractivity contribution >= 4 is 21.6 Å². The van der Waals surface area contributed by atoms with E-state index in [2.05, 4.69) is 17.1 Å². The maximum absolute atomic E-state index is 4.15. The SMILES string of the molecule is Cc1[c-]cc2ncsc2c1.[V]. The van der Waals surface area contributed by atoms with Gasteiger partial charge < -0.3 is 4.98 Å². The van der Waals surface area contributed by atoms with Gasteiger partial charge in [-0.25, -0.2) is 0 Å². The van der Waals surface area contributed by atoms with Crippen molar-refractivity contribution in [3.8, 4) is 0 Å². The average molecular weight is 199 g/mol. The Kier molecular flexibility index (Phi) is 2.71. The van der Waals surface area contributed by atoms with E-state index in [1.165, 1.54) is 10.3 Å². The fourth-order valence-corrected chi connectivity index (χ4v) is 1.66. The average Bonchev–Trinajstić information content (AvgIpc) is 2.33. The first-order chi connectivity index (χ1) is 4.86. The van der Waals surface area contributed by atoms with Crippen molar-refractivity contribution in [1.82, 2.24) is 4.98 Å². The van der Waals surface area contributed by atoms with E-state index in [9.17, 15) is 0 Å². The Hall–Kier alpha value is -0.306. The van der Waals surface area contributed by atoms with E-state index in [4.69, 9.17) is 0 Å². The zero-order valence-corrected chi connectivity index (χ0v) is 8.25. The summed E-state index contributed by atoms with van der Waals surface area (Å²) in [5.74, 6) is 0. The molecule has 0 atom stereocenters. The van der Waals surface area contributed by atoms with Crippen molar-refractivity contribution in [1.29, 1.82) is 0 Å². The maximum atomic E-state index is 4.15. The van der Waals surface area contributed by atoms with Crippen molar-refractivity contribution in [3.63, 3.8) is 0 Å². The van der Waals surface area contributed by atoms with Crippen LogP contribution in [0.25, 0.3) is 10.2 Å². The van der Waals surface area contributed by atoms with Crippen LogP contribution in [-0.2, 0) is 18.6 Å². The van der Waals surface area contributed by atoms with Gasteiger partial charge in [0.25, 0.3) is 0 Å². The molecule has 2 aromatic rings. The van der Waals surface area contributed by atoms with Gasteiger partial charge in [-0.15, -0.1) is 6.07 Å². The first kappa shape index (κ1) is 8.79. The Morgan fingerprint density at radius 1 is 1.55 bits per heavy atom. The summed E-state index contributed by atoms with van der Waals surface area (Å²) < 4.78 is 1.25. The van der Waals surface area contributed by atoms with Gasteiger partial charge in [0.05, 0.1) is 5.51 Å². The Morgan fingerprint density at radius 3 is 3.18 bits per heavy atom. The van der Waals surface area contributed by atoms with Gasteiger partial charge in [-0.3, -0.25) is 0 Å². The molecule has 3 heteroatoms. The van der Waals surface area contributed by atoms with Crippen molar-refractivity contribution in [2.45, 2.75) is 6.92 Å². The molecule has 1 nitrogen and oxygen atoms in total. The molecule has 1 aromatic heterocycles. The molecule has 11 heavy (non-hydrogen) atoms. The summed E-state index contributed by atoms with van der Waals surface area (Å²) >= 11 is 1.67. The second-order valence-corrected chi connectivity index (χ2v) is 3.10. The summed E-state index contributed by atoms with van der Waals surface area (Å²) in [6, 6.07) is 7.14. The minimum Gasteiger partial charge on any atom is -0.309 e. The van der Waals surface area contributed by atoms with Gasteiger partial charge in [-0.05, 0) is 5.52 Å². The van der Waals surface area contributed by atoms with Crippen LogP contribution in [0.5, 0.6) is 0 Å². The van der Waals surface area contributed by atoms with E-state index >= 15 is 0 Å². The Labute approximate surface area is 81.3 Å². The van der Waals surface area contributed by atoms with Crippen LogP contribution in [0.1, 0.15) is 5.56 Å². The van der Waals surface area contributed by atoms with E-state index in [0.29, 0.717) is 0 Å². The van der Waals surface area contributed by atoms with E-state index in [1.807, 2.05) is 18.5 Å². The smallest absolute Gasteiger partial charge is 0.0634 e. The third kappa shape index (κ3) is 1.64. The van der Waals surface area contributed by atoms with Crippen LogP contribution in [-0.4, -0.2) is 4.98 Å². The first-order valence-corrected chi connectivity index (χ1v) is 3.96. The first-order valence-electron chi connectivity index (χ1n) is 3.08. The molecule has 1 aromatic carbocycles. The zero-order valence-electron chi connectivity index (χ0n) is 6.03. The minimum atomic E-state index is 0. The molecule has 55 valence electrons. The van der Waals surface area contributed by atoms with E-state index in [-0.39, 0.29) is 18.6 Å². The molecule has 0 unspecified atom stereocenters. The molecule has 0 bridgehead atoms. The maximum Gasteiger partial charge on any atom is 0.0634 e. The third-order valence-corrected chi connectivity index (χ3v) is 2.20. The number of rotatable bonds is 0. The van der Waals surface area contributed by atoms with Crippen LogP contribution in [0.15, 0.2) is 17.6 Å². The second-order valence-electron chi connectivity index (χ2n) is 2.22. The summed E-state index contributed by atoms with van der Waals surface area (Å²) in [4.78, 5) is 4.15. The molecule has 0 aliphatic heterocycles. The van der Waals surface area contributed by atoms with Gasteiger partial charge in [-0.1, -0.05) is 11.6 Å². The zero-order chi connectivity index (χ0) is 6.97. The quantitative estimate of drug-likeness (QED) is 0.593. The Bertz CT molecular complexity index is 356. The topological polar surface area (TPSA) is 12.9 Å². The van der Waals surface area contributed by atoms with Crippen molar-refractivity contribution in [2.24, 2.45) is 0 Å². The largest absolute Gasteiger partial charge is 0.309 e. The van der Waals surface area contributed by atoms with E-state index in [0.717, 1.165) is 5.52 Å². The predicted molar refractivity (Wildman–Crippen MR) is 43.2 cm³/mol. The second kappa shape index (κ2) is 3.39.